The summed E-state index contributed by atoms with van der Waals surface area (Å²) in [6.45, 7) is 3.36. The SMILES string of the molecule is O=C1N(Cc2ccccc2)C(=O)C2(CCN(Cc3ccccc3)CC2)N1CCc1ccccc1. The lowest BCUT2D eigenvalue weighted by molar-refractivity contribution is -0.136. The Morgan fingerprint density at radius 3 is 1.71 bits per heavy atom. The van der Waals surface area contributed by atoms with Crippen LogP contribution in [0.25, 0.3) is 0 Å². The molecule has 0 N–H and O–H groups in total. The average Bonchev–Trinajstić information content (AvgIpc) is 3.07. The minimum Gasteiger partial charge on any atom is -0.309 e. The maximum absolute atomic E-state index is 13.8. The number of hydrogen-bond donors (Lipinski definition) is 0. The summed E-state index contributed by atoms with van der Waals surface area (Å²) >= 11 is 0. The second kappa shape index (κ2) is 9.82. The van der Waals surface area contributed by atoms with E-state index in [-0.39, 0.29) is 11.9 Å². The van der Waals surface area contributed by atoms with Gasteiger partial charge in [0.25, 0.3) is 5.91 Å². The van der Waals surface area contributed by atoms with Gasteiger partial charge in [-0.25, -0.2) is 4.79 Å². The van der Waals surface area contributed by atoms with E-state index in [2.05, 4.69) is 41.3 Å². The van der Waals surface area contributed by atoms with Gasteiger partial charge in [-0.05, 0) is 36.0 Å². The van der Waals surface area contributed by atoms with Gasteiger partial charge >= 0.3 is 6.03 Å². The van der Waals surface area contributed by atoms with Gasteiger partial charge in [-0.15, -0.1) is 0 Å². The standard InChI is InChI=1S/C29H31N3O2/c33-27-29(17-20-30(21-18-29)22-25-12-6-2-7-13-25)32(19-16-24-10-4-1-5-11-24)28(34)31(27)23-26-14-8-3-9-15-26/h1-15H,16-23H2. The van der Waals surface area contributed by atoms with Gasteiger partial charge < -0.3 is 4.90 Å². The molecule has 0 unspecified atom stereocenters. The van der Waals surface area contributed by atoms with E-state index in [1.54, 1.807) is 0 Å². The van der Waals surface area contributed by atoms with Crippen molar-refractivity contribution < 1.29 is 9.59 Å². The third-order valence-corrected chi connectivity index (χ3v) is 7.20. The molecule has 34 heavy (non-hydrogen) atoms. The van der Waals surface area contributed by atoms with Crippen LogP contribution in [0.2, 0.25) is 0 Å². The zero-order valence-corrected chi connectivity index (χ0v) is 19.5. The number of piperidine rings is 1. The third-order valence-electron chi connectivity index (χ3n) is 7.20. The van der Waals surface area contributed by atoms with Crippen molar-refractivity contribution in [1.82, 2.24) is 14.7 Å². The Labute approximate surface area is 201 Å². The van der Waals surface area contributed by atoms with Crippen LogP contribution < -0.4 is 0 Å². The van der Waals surface area contributed by atoms with Gasteiger partial charge in [0.15, 0.2) is 0 Å². The van der Waals surface area contributed by atoms with Gasteiger partial charge in [0.2, 0.25) is 0 Å². The second-order valence-electron chi connectivity index (χ2n) is 9.34. The second-order valence-corrected chi connectivity index (χ2v) is 9.34. The minimum atomic E-state index is -0.742. The highest BCUT2D eigenvalue weighted by Crippen LogP contribution is 2.38. The number of benzene rings is 3. The first-order chi connectivity index (χ1) is 16.7. The molecule has 3 aromatic carbocycles. The summed E-state index contributed by atoms with van der Waals surface area (Å²) in [5.41, 5.74) is 2.69. The number of carbonyl (C=O) groups is 2. The summed E-state index contributed by atoms with van der Waals surface area (Å²) in [4.78, 5) is 33.2. The first kappa shape index (κ1) is 22.4. The van der Waals surface area contributed by atoms with Crippen molar-refractivity contribution >= 4 is 11.9 Å². The van der Waals surface area contributed by atoms with E-state index in [1.807, 2.05) is 59.5 Å². The number of rotatable bonds is 7. The summed E-state index contributed by atoms with van der Waals surface area (Å²) in [5, 5.41) is 0. The number of likely N-dealkylation sites (tertiary alicyclic amines) is 1. The molecular formula is C29H31N3O2. The predicted molar refractivity (Wildman–Crippen MR) is 133 cm³/mol. The van der Waals surface area contributed by atoms with E-state index < -0.39 is 5.54 Å². The summed E-state index contributed by atoms with van der Waals surface area (Å²) in [7, 11) is 0. The van der Waals surface area contributed by atoms with Gasteiger partial charge in [-0.1, -0.05) is 91.0 Å². The first-order valence-corrected chi connectivity index (χ1v) is 12.1. The average molecular weight is 454 g/mol. The lowest BCUT2D eigenvalue weighted by Crippen LogP contribution is -2.56. The normalized spacial score (nSPS) is 18.1. The van der Waals surface area contributed by atoms with Crippen molar-refractivity contribution in [2.75, 3.05) is 19.6 Å². The maximum atomic E-state index is 13.8. The molecule has 1 spiro atoms. The Kier molecular flexibility index (Phi) is 6.45. The van der Waals surface area contributed by atoms with Crippen LogP contribution in [0.1, 0.15) is 29.5 Å². The Morgan fingerprint density at radius 1 is 0.647 bits per heavy atom. The number of hydrogen-bond acceptors (Lipinski definition) is 3. The molecular weight excluding hydrogens is 422 g/mol. The molecule has 2 aliphatic heterocycles. The van der Waals surface area contributed by atoms with Crippen LogP contribution in [0.15, 0.2) is 91.0 Å². The number of amides is 3. The van der Waals surface area contributed by atoms with Crippen LogP contribution in [0.3, 0.4) is 0 Å². The van der Waals surface area contributed by atoms with E-state index >= 15 is 0 Å². The molecule has 2 heterocycles. The molecule has 2 aliphatic rings. The van der Waals surface area contributed by atoms with Crippen molar-refractivity contribution in [3.8, 4) is 0 Å². The van der Waals surface area contributed by atoms with Gasteiger partial charge in [-0.2, -0.15) is 0 Å². The zero-order valence-electron chi connectivity index (χ0n) is 19.5. The van der Waals surface area contributed by atoms with Gasteiger partial charge in [-0.3, -0.25) is 14.6 Å². The van der Waals surface area contributed by atoms with Crippen molar-refractivity contribution in [2.24, 2.45) is 0 Å². The van der Waals surface area contributed by atoms with Crippen molar-refractivity contribution in [2.45, 2.75) is 37.9 Å². The summed E-state index contributed by atoms with van der Waals surface area (Å²) in [5.74, 6) is -0.0335. The Hall–Kier alpha value is -3.44. The summed E-state index contributed by atoms with van der Waals surface area (Å²) in [6.07, 6.45) is 2.09. The van der Waals surface area contributed by atoms with Crippen molar-refractivity contribution in [1.29, 1.82) is 0 Å². The monoisotopic (exact) mass is 453 g/mol. The lowest BCUT2D eigenvalue weighted by atomic mass is 9.85. The molecule has 0 aromatic heterocycles. The molecule has 2 saturated heterocycles. The molecule has 0 aliphatic carbocycles. The quantitative estimate of drug-likeness (QED) is 0.486. The third kappa shape index (κ3) is 4.48. The predicted octanol–water partition coefficient (Wildman–Crippen LogP) is 4.73. The molecule has 0 radical (unpaired) electrons. The Balaban J connectivity index is 1.35. The molecule has 0 atom stereocenters. The highest BCUT2D eigenvalue weighted by molar-refractivity contribution is 6.07. The lowest BCUT2D eigenvalue weighted by Gasteiger charge is -2.42. The Morgan fingerprint density at radius 2 is 1.15 bits per heavy atom. The highest BCUT2D eigenvalue weighted by atomic mass is 16.2. The van der Waals surface area contributed by atoms with Crippen LogP contribution in [-0.2, 0) is 24.3 Å². The number of urea groups is 1. The molecule has 5 heteroatoms. The van der Waals surface area contributed by atoms with Gasteiger partial charge in [0.1, 0.15) is 5.54 Å². The molecule has 3 aromatic rings. The zero-order chi connectivity index (χ0) is 23.4. The molecule has 2 fully saturated rings. The van der Waals surface area contributed by atoms with Crippen molar-refractivity contribution in [3.05, 3.63) is 108 Å². The maximum Gasteiger partial charge on any atom is 0.328 e. The van der Waals surface area contributed by atoms with E-state index in [0.717, 1.165) is 31.6 Å². The largest absolute Gasteiger partial charge is 0.328 e. The van der Waals surface area contributed by atoms with E-state index in [1.165, 1.54) is 16.0 Å². The fraction of sp³-hybridized carbons (Fsp3) is 0.310. The van der Waals surface area contributed by atoms with Crippen LogP contribution in [-0.4, -0.2) is 51.8 Å². The highest BCUT2D eigenvalue weighted by Gasteiger charge is 2.57. The fourth-order valence-corrected chi connectivity index (χ4v) is 5.29. The van der Waals surface area contributed by atoms with Crippen LogP contribution >= 0.6 is 0 Å². The number of imide groups is 1. The molecule has 5 nitrogen and oxygen atoms in total. The van der Waals surface area contributed by atoms with E-state index in [9.17, 15) is 9.59 Å². The van der Waals surface area contributed by atoms with Gasteiger partial charge in [0.05, 0.1) is 6.54 Å². The number of nitrogens with zero attached hydrogens (tertiary/aromatic N) is 3. The number of carbonyl (C=O) groups excluding carboxylic acids is 2. The molecule has 0 bridgehead atoms. The van der Waals surface area contributed by atoms with Gasteiger partial charge in [0, 0.05) is 26.2 Å². The fourth-order valence-electron chi connectivity index (χ4n) is 5.29. The van der Waals surface area contributed by atoms with Crippen LogP contribution in [0.5, 0.6) is 0 Å². The molecule has 3 amide bonds. The molecule has 174 valence electrons. The van der Waals surface area contributed by atoms with Crippen molar-refractivity contribution in [3.63, 3.8) is 0 Å². The first-order valence-electron chi connectivity index (χ1n) is 12.1. The summed E-state index contributed by atoms with van der Waals surface area (Å²) < 4.78 is 0. The van der Waals surface area contributed by atoms with Crippen LogP contribution in [0.4, 0.5) is 4.79 Å². The van der Waals surface area contributed by atoms with Crippen LogP contribution in [0, 0.1) is 0 Å². The smallest absolute Gasteiger partial charge is 0.309 e. The summed E-state index contributed by atoms with van der Waals surface area (Å²) in [6, 6.07) is 30.3. The van der Waals surface area contributed by atoms with E-state index in [0.29, 0.717) is 25.9 Å². The van der Waals surface area contributed by atoms with E-state index in [4.69, 9.17) is 0 Å². The Bertz CT molecular complexity index is 1110. The molecule has 5 rings (SSSR count). The minimum absolute atomic E-state index is 0.0335. The topological polar surface area (TPSA) is 43.9 Å². The molecule has 0 saturated carbocycles.